The van der Waals surface area contributed by atoms with E-state index in [2.05, 4.69) is 10.4 Å². The molecule has 25 heavy (non-hydrogen) atoms. The Hall–Kier alpha value is -2.09. The molecule has 1 N–H and O–H groups in total. The zero-order chi connectivity index (χ0) is 17.8. The molecule has 134 valence electrons. The number of aromatic nitrogens is 2. The van der Waals surface area contributed by atoms with Gasteiger partial charge in [-0.3, -0.25) is 4.79 Å². The Balaban J connectivity index is 1.28. The van der Waals surface area contributed by atoms with E-state index >= 15 is 0 Å². The average molecular weight is 362 g/mol. The highest BCUT2D eigenvalue weighted by atomic mass is 32.1. The van der Waals surface area contributed by atoms with Crippen LogP contribution >= 0.6 is 11.3 Å². The van der Waals surface area contributed by atoms with Gasteiger partial charge in [-0.05, 0) is 33.6 Å². The highest BCUT2D eigenvalue weighted by Gasteiger charge is 2.54. The average Bonchev–Trinajstić information content (AvgIpc) is 2.99. The molecule has 0 unspecified atom stereocenters. The first-order chi connectivity index (χ1) is 11.7. The molecule has 2 aliphatic rings. The van der Waals surface area contributed by atoms with Crippen LogP contribution in [0.25, 0.3) is 4.83 Å². The maximum Gasteiger partial charge on any atom is 0.407 e. The van der Waals surface area contributed by atoms with Crippen LogP contribution in [0, 0.1) is 5.41 Å². The zero-order valence-corrected chi connectivity index (χ0v) is 15.4. The minimum absolute atomic E-state index is 0.0478. The van der Waals surface area contributed by atoms with Crippen LogP contribution < -0.4 is 5.32 Å². The predicted molar refractivity (Wildman–Crippen MR) is 93.8 cm³/mol. The summed E-state index contributed by atoms with van der Waals surface area (Å²) in [7, 11) is 0. The number of alkyl carbamates (subject to hydrolysis) is 1. The van der Waals surface area contributed by atoms with Gasteiger partial charge in [0.2, 0.25) is 0 Å². The van der Waals surface area contributed by atoms with Crippen molar-refractivity contribution in [2.75, 3.05) is 13.1 Å². The molecule has 3 heterocycles. The minimum Gasteiger partial charge on any atom is -0.444 e. The molecule has 7 nitrogen and oxygen atoms in total. The van der Waals surface area contributed by atoms with E-state index in [0.29, 0.717) is 5.56 Å². The topological polar surface area (TPSA) is 75.9 Å². The Morgan fingerprint density at radius 3 is 2.76 bits per heavy atom. The van der Waals surface area contributed by atoms with Crippen molar-refractivity contribution >= 4 is 28.2 Å². The lowest BCUT2D eigenvalue weighted by Gasteiger charge is -2.58. The van der Waals surface area contributed by atoms with E-state index in [1.807, 2.05) is 37.2 Å². The number of ether oxygens (including phenoxy) is 1. The van der Waals surface area contributed by atoms with Gasteiger partial charge in [-0.1, -0.05) is 0 Å². The van der Waals surface area contributed by atoms with Crippen molar-refractivity contribution in [1.82, 2.24) is 19.8 Å². The molecule has 0 atom stereocenters. The summed E-state index contributed by atoms with van der Waals surface area (Å²) in [6, 6.07) is 0.146. The number of likely N-dealkylation sites (tertiary alicyclic amines) is 1. The first-order valence-corrected chi connectivity index (χ1v) is 9.32. The van der Waals surface area contributed by atoms with Crippen molar-refractivity contribution < 1.29 is 14.3 Å². The third-order valence-corrected chi connectivity index (χ3v) is 5.67. The Kier molecular flexibility index (Phi) is 3.57. The first-order valence-electron chi connectivity index (χ1n) is 8.44. The second-order valence-corrected chi connectivity index (χ2v) is 9.02. The second kappa shape index (κ2) is 5.45. The van der Waals surface area contributed by atoms with Gasteiger partial charge < -0.3 is 15.0 Å². The number of carbonyl (C=O) groups excluding carboxylic acids is 2. The Morgan fingerprint density at radius 1 is 1.36 bits per heavy atom. The fourth-order valence-electron chi connectivity index (χ4n) is 3.77. The number of hydrogen-bond donors (Lipinski definition) is 1. The number of nitrogens with one attached hydrogen (secondary N) is 1. The van der Waals surface area contributed by atoms with E-state index in [0.717, 1.165) is 30.8 Å². The van der Waals surface area contributed by atoms with Crippen LogP contribution in [-0.2, 0) is 4.74 Å². The minimum atomic E-state index is -0.482. The Bertz CT molecular complexity index is 820. The van der Waals surface area contributed by atoms with Gasteiger partial charge >= 0.3 is 6.09 Å². The van der Waals surface area contributed by atoms with Crippen LogP contribution in [0.4, 0.5) is 4.79 Å². The molecule has 1 spiro atoms. The largest absolute Gasteiger partial charge is 0.444 e. The Labute approximate surface area is 149 Å². The number of thiazole rings is 1. The van der Waals surface area contributed by atoms with Crippen LogP contribution in [0.5, 0.6) is 0 Å². The second-order valence-electron chi connectivity index (χ2n) is 8.12. The van der Waals surface area contributed by atoms with Crippen molar-refractivity contribution in [2.45, 2.75) is 45.3 Å². The maximum absolute atomic E-state index is 12.6. The summed E-state index contributed by atoms with van der Waals surface area (Å²) in [5.41, 5.74) is 0.355. The summed E-state index contributed by atoms with van der Waals surface area (Å²) < 4.78 is 7.02. The molecule has 8 heteroatoms. The third-order valence-electron chi connectivity index (χ3n) is 4.78. The lowest BCUT2D eigenvalue weighted by atomic mass is 9.60. The van der Waals surface area contributed by atoms with E-state index in [4.69, 9.17) is 4.74 Å². The molecule has 2 fully saturated rings. The monoisotopic (exact) mass is 362 g/mol. The smallest absolute Gasteiger partial charge is 0.407 e. The number of nitrogens with zero attached hydrogens (tertiary/aromatic N) is 3. The molecular formula is C17H22N4O3S. The quantitative estimate of drug-likeness (QED) is 0.891. The van der Waals surface area contributed by atoms with Gasteiger partial charge in [-0.2, -0.15) is 5.10 Å². The molecule has 2 amide bonds. The lowest BCUT2D eigenvalue weighted by Crippen LogP contribution is -2.67. The van der Waals surface area contributed by atoms with Crippen molar-refractivity contribution in [3.05, 3.63) is 23.3 Å². The van der Waals surface area contributed by atoms with Crippen molar-refractivity contribution in [3.63, 3.8) is 0 Å². The summed E-state index contributed by atoms with van der Waals surface area (Å²) in [4.78, 5) is 27.2. The Morgan fingerprint density at radius 2 is 2.08 bits per heavy atom. The van der Waals surface area contributed by atoms with Gasteiger partial charge in [0.1, 0.15) is 10.4 Å². The summed E-state index contributed by atoms with van der Waals surface area (Å²) in [5.74, 6) is 0.0478. The SMILES string of the molecule is CC(C)(C)OC(=O)NC1CC2(C1)CN(C(=O)c1cnn3ccsc13)C2. The molecule has 2 aromatic rings. The normalized spacial score (nSPS) is 19.6. The predicted octanol–water partition coefficient (Wildman–Crippen LogP) is 2.53. The van der Waals surface area contributed by atoms with Crippen LogP contribution in [0.3, 0.4) is 0 Å². The van der Waals surface area contributed by atoms with Gasteiger partial charge in [-0.25, -0.2) is 9.31 Å². The summed E-state index contributed by atoms with van der Waals surface area (Å²) >= 11 is 1.52. The number of hydrogen-bond acceptors (Lipinski definition) is 5. The number of carbonyl (C=O) groups is 2. The van der Waals surface area contributed by atoms with E-state index in [-0.39, 0.29) is 23.5 Å². The lowest BCUT2D eigenvalue weighted by molar-refractivity contribution is -0.0620. The molecule has 0 radical (unpaired) electrons. The van der Waals surface area contributed by atoms with Crippen LogP contribution in [-0.4, -0.2) is 51.2 Å². The fourth-order valence-corrected chi connectivity index (χ4v) is 4.56. The van der Waals surface area contributed by atoms with Crippen LogP contribution in [0.2, 0.25) is 0 Å². The van der Waals surface area contributed by atoms with Crippen LogP contribution in [0.15, 0.2) is 17.8 Å². The molecule has 1 saturated carbocycles. The van der Waals surface area contributed by atoms with Gasteiger partial charge in [0.15, 0.2) is 0 Å². The van der Waals surface area contributed by atoms with Gasteiger partial charge in [-0.15, -0.1) is 11.3 Å². The van der Waals surface area contributed by atoms with Crippen molar-refractivity contribution in [2.24, 2.45) is 5.41 Å². The molecule has 2 aromatic heterocycles. The molecular weight excluding hydrogens is 340 g/mol. The summed E-state index contributed by atoms with van der Waals surface area (Å²) in [6.45, 7) is 7.06. The standard InChI is InChI=1S/C17H22N4O3S/c1-16(2,3)24-15(23)19-11-6-17(7-11)9-20(10-17)13(22)12-8-18-21-4-5-25-14(12)21/h4-5,8,11H,6-7,9-10H2,1-3H3,(H,19,23). The number of amides is 2. The maximum atomic E-state index is 12.6. The van der Waals surface area contributed by atoms with E-state index < -0.39 is 5.60 Å². The fraction of sp³-hybridized carbons (Fsp3) is 0.588. The van der Waals surface area contributed by atoms with E-state index in [1.165, 1.54) is 11.3 Å². The summed E-state index contributed by atoms with van der Waals surface area (Å²) in [5, 5.41) is 9.04. The highest BCUT2D eigenvalue weighted by Crippen LogP contribution is 2.48. The van der Waals surface area contributed by atoms with Crippen molar-refractivity contribution in [1.29, 1.82) is 0 Å². The van der Waals surface area contributed by atoms with E-state index in [9.17, 15) is 9.59 Å². The molecule has 0 aromatic carbocycles. The number of fused-ring (bicyclic) bond motifs is 1. The van der Waals surface area contributed by atoms with Gasteiger partial charge in [0, 0.05) is 36.1 Å². The van der Waals surface area contributed by atoms with E-state index in [1.54, 1.807) is 10.7 Å². The zero-order valence-electron chi connectivity index (χ0n) is 14.6. The molecule has 1 aliphatic heterocycles. The number of rotatable bonds is 2. The van der Waals surface area contributed by atoms with Gasteiger partial charge in [0.25, 0.3) is 5.91 Å². The molecule has 4 rings (SSSR count). The summed E-state index contributed by atoms with van der Waals surface area (Å²) in [6.07, 6.45) is 4.94. The molecule has 1 saturated heterocycles. The third kappa shape index (κ3) is 2.99. The highest BCUT2D eigenvalue weighted by molar-refractivity contribution is 7.15. The van der Waals surface area contributed by atoms with Gasteiger partial charge in [0.05, 0.1) is 11.8 Å². The molecule has 0 bridgehead atoms. The molecule has 1 aliphatic carbocycles. The van der Waals surface area contributed by atoms with Crippen molar-refractivity contribution in [3.8, 4) is 0 Å². The first kappa shape index (κ1) is 16.4. The van der Waals surface area contributed by atoms with Crippen LogP contribution in [0.1, 0.15) is 44.0 Å².